The van der Waals surface area contributed by atoms with Gasteiger partial charge < -0.3 is 19.3 Å². The molecule has 8 heteroatoms. The number of fused-ring (bicyclic) bond motifs is 4. The molecule has 7 nitrogen and oxygen atoms in total. The lowest BCUT2D eigenvalue weighted by Crippen LogP contribution is -2.35. The van der Waals surface area contributed by atoms with Crippen LogP contribution in [0.2, 0.25) is 0 Å². The lowest BCUT2D eigenvalue weighted by Gasteiger charge is -2.32. The number of hydrogen-bond donors (Lipinski definition) is 2. The Morgan fingerprint density at radius 3 is 2.79 bits per heavy atom. The predicted octanol–water partition coefficient (Wildman–Crippen LogP) is 5.37. The first-order valence-corrected chi connectivity index (χ1v) is 13.4. The summed E-state index contributed by atoms with van der Waals surface area (Å²) in [6.45, 7) is 3.94. The molecule has 2 aromatic rings. The number of nitrogens with zero attached hydrogens (tertiary/aromatic N) is 2. The van der Waals surface area contributed by atoms with Crippen molar-refractivity contribution in [1.82, 2.24) is 14.9 Å². The minimum Gasteiger partial charge on any atom is -0.468 e. The van der Waals surface area contributed by atoms with Gasteiger partial charge in [0.1, 0.15) is 12.0 Å². The molecular formula is C30H31ClN4O3. The number of carbonyl (C=O) groups excluding carboxylic acids is 2. The first-order chi connectivity index (χ1) is 18.2. The Labute approximate surface area is 227 Å². The average Bonchev–Trinajstić information content (AvgIpc) is 3.52. The highest BCUT2D eigenvalue weighted by Gasteiger charge is 2.35. The number of aromatic amines is 2. The number of nitrogens with one attached hydrogen (secondary N) is 2. The van der Waals surface area contributed by atoms with Crippen LogP contribution in [0.4, 0.5) is 0 Å². The second-order valence-electron chi connectivity index (χ2n) is 10.6. The number of rotatable bonds is 2. The molecule has 1 atom stereocenters. The third-order valence-electron chi connectivity index (χ3n) is 8.28. The highest BCUT2D eigenvalue weighted by Crippen LogP contribution is 2.43. The number of likely N-dealkylation sites (tertiary alicyclic amines) is 1. The summed E-state index contributed by atoms with van der Waals surface area (Å²) in [6.07, 6.45) is 16.6. The molecule has 0 aromatic carbocycles. The minimum absolute atomic E-state index is 0. The van der Waals surface area contributed by atoms with Gasteiger partial charge in [-0.3, -0.25) is 14.6 Å². The molecule has 0 amide bonds. The summed E-state index contributed by atoms with van der Waals surface area (Å²) in [4.78, 5) is 40.9. The van der Waals surface area contributed by atoms with Crippen LogP contribution in [0.1, 0.15) is 65.0 Å². The summed E-state index contributed by atoms with van der Waals surface area (Å²) in [6, 6.07) is 1.80. The van der Waals surface area contributed by atoms with Crippen molar-refractivity contribution in [2.24, 2.45) is 10.9 Å². The van der Waals surface area contributed by atoms with Crippen molar-refractivity contribution < 1.29 is 14.0 Å². The van der Waals surface area contributed by atoms with Gasteiger partial charge in [0.15, 0.2) is 11.6 Å². The third-order valence-corrected chi connectivity index (χ3v) is 8.28. The number of halogens is 1. The van der Waals surface area contributed by atoms with E-state index in [9.17, 15) is 9.59 Å². The van der Waals surface area contributed by atoms with Gasteiger partial charge in [-0.2, -0.15) is 0 Å². The average molecular weight is 531 g/mol. The lowest BCUT2D eigenvalue weighted by atomic mass is 9.78. The van der Waals surface area contributed by atoms with Crippen LogP contribution < -0.4 is 0 Å². The molecule has 196 valence electrons. The van der Waals surface area contributed by atoms with Gasteiger partial charge in [-0.1, -0.05) is 0 Å². The van der Waals surface area contributed by atoms with Gasteiger partial charge in [-0.25, -0.2) is 0 Å². The molecule has 1 saturated heterocycles. The van der Waals surface area contributed by atoms with E-state index in [1.807, 2.05) is 12.4 Å². The first kappa shape index (κ1) is 24.9. The normalized spacial score (nSPS) is 25.6. The van der Waals surface area contributed by atoms with Crippen molar-refractivity contribution in [3.63, 3.8) is 0 Å². The Balaban J connectivity index is 0.00000264. The third kappa shape index (κ3) is 4.24. The highest BCUT2D eigenvalue weighted by molar-refractivity contribution is 6.38. The summed E-state index contributed by atoms with van der Waals surface area (Å²) in [5.74, 6) is 0.707. The molecule has 0 radical (unpaired) electrons. The maximum absolute atomic E-state index is 13.5. The molecule has 8 bridgehead atoms. The van der Waals surface area contributed by atoms with Gasteiger partial charge in [0.05, 0.1) is 17.7 Å². The van der Waals surface area contributed by atoms with E-state index in [0.717, 1.165) is 54.9 Å². The molecule has 4 heterocycles. The number of Topliss-reactive ketones (excluding diaryl/α,β-unsaturated/α-hetero) is 2. The number of allylic oxidation sites excluding steroid dienone is 5. The maximum Gasteiger partial charge on any atom is 0.173 e. The van der Waals surface area contributed by atoms with Gasteiger partial charge in [0, 0.05) is 66.4 Å². The molecule has 0 unspecified atom stereocenters. The molecule has 0 spiro atoms. The van der Waals surface area contributed by atoms with E-state index in [2.05, 4.69) is 27.0 Å². The van der Waals surface area contributed by atoms with Crippen molar-refractivity contribution in [2.45, 2.75) is 38.5 Å². The van der Waals surface area contributed by atoms with E-state index in [0.29, 0.717) is 41.5 Å². The van der Waals surface area contributed by atoms with Crippen molar-refractivity contribution in [3.05, 3.63) is 76.3 Å². The standard InChI is InChI=1S/C30H30N4O3.ClH/c35-26-14-27(36)28-23-11-18-3-4-19(17-34-8-1-2-9-34)29(22(18)12-20-15-31-16-25(20)23)32-6-5-21-13-24(26)30(28)33-7-10-37-21;/h7,10-13,15-16,19,31,33H,1-6,8-9,14,17H2;1H/b10-7?,21-13?,28-23+,32-29-;/t19-;/m0./s1. The second-order valence-corrected chi connectivity index (χ2v) is 10.6. The van der Waals surface area contributed by atoms with Crippen LogP contribution in [0.25, 0.3) is 17.2 Å². The van der Waals surface area contributed by atoms with Crippen molar-refractivity contribution in [1.29, 1.82) is 0 Å². The number of H-pyrrole nitrogens is 2. The van der Waals surface area contributed by atoms with Crippen LogP contribution in [-0.4, -0.2) is 58.3 Å². The van der Waals surface area contributed by atoms with Crippen LogP contribution in [0.3, 0.4) is 0 Å². The smallest absolute Gasteiger partial charge is 0.173 e. The molecule has 1 saturated carbocycles. The largest absolute Gasteiger partial charge is 0.468 e. The molecule has 2 aliphatic heterocycles. The van der Waals surface area contributed by atoms with E-state index in [1.165, 1.54) is 24.0 Å². The fourth-order valence-electron chi connectivity index (χ4n) is 6.50. The number of aliphatic imine (C=N–C) groups is 1. The summed E-state index contributed by atoms with van der Waals surface area (Å²) in [7, 11) is 0. The molecule has 2 N–H and O–H groups in total. The van der Waals surface area contributed by atoms with E-state index in [4.69, 9.17) is 9.41 Å². The van der Waals surface area contributed by atoms with E-state index >= 15 is 0 Å². The molecule has 5 aliphatic rings. The van der Waals surface area contributed by atoms with Crippen LogP contribution >= 0.6 is 12.4 Å². The van der Waals surface area contributed by atoms with E-state index in [1.54, 1.807) is 18.5 Å². The molecule has 3 aliphatic carbocycles. The van der Waals surface area contributed by atoms with E-state index in [-0.39, 0.29) is 30.4 Å². The SMILES string of the molecule is Cl.O=C1CC(=O)c2cc3occ[nH]c2/C1=C1\C=C2CC[C@@H](CN4CCCC4)/C(=N/CC3)C2=Cc2c[nH]cc21. The van der Waals surface area contributed by atoms with Crippen LogP contribution in [-0.2, 0) is 11.2 Å². The van der Waals surface area contributed by atoms with Crippen molar-refractivity contribution in [2.75, 3.05) is 26.2 Å². The summed E-state index contributed by atoms with van der Waals surface area (Å²) in [5.41, 5.74) is 8.06. The molecule has 38 heavy (non-hydrogen) atoms. The first-order valence-electron chi connectivity index (χ1n) is 13.4. The topological polar surface area (TPSA) is 94.5 Å². The number of ketones is 2. The van der Waals surface area contributed by atoms with Crippen LogP contribution in [0.5, 0.6) is 0 Å². The fourth-order valence-corrected chi connectivity index (χ4v) is 6.50. The fraction of sp³-hybridized carbons (Fsp3) is 0.367. The van der Waals surface area contributed by atoms with Gasteiger partial charge >= 0.3 is 0 Å². The lowest BCUT2D eigenvalue weighted by molar-refractivity contribution is -0.113. The van der Waals surface area contributed by atoms with Crippen molar-refractivity contribution >= 4 is 46.9 Å². The molecule has 2 fully saturated rings. The molecular weight excluding hydrogens is 500 g/mol. The predicted molar refractivity (Wildman–Crippen MR) is 150 cm³/mol. The zero-order chi connectivity index (χ0) is 24.9. The Morgan fingerprint density at radius 1 is 1.05 bits per heavy atom. The number of carbonyl (C=O) groups is 2. The molecule has 2 aromatic heterocycles. The van der Waals surface area contributed by atoms with Crippen LogP contribution in [0.15, 0.2) is 57.6 Å². The van der Waals surface area contributed by atoms with E-state index < -0.39 is 0 Å². The summed E-state index contributed by atoms with van der Waals surface area (Å²) < 4.78 is 5.87. The Bertz CT molecular complexity index is 1490. The van der Waals surface area contributed by atoms with Gasteiger partial charge in [0.25, 0.3) is 0 Å². The van der Waals surface area contributed by atoms with Gasteiger partial charge in [0.2, 0.25) is 0 Å². The Morgan fingerprint density at radius 2 is 1.92 bits per heavy atom. The Hall–Kier alpha value is -3.42. The molecule has 7 rings (SSSR count). The highest BCUT2D eigenvalue weighted by atomic mass is 35.5. The number of hydrogen-bond acceptors (Lipinski definition) is 5. The van der Waals surface area contributed by atoms with Gasteiger partial charge in [-0.05, 0) is 73.7 Å². The van der Waals surface area contributed by atoms with Gasteiger partial charge in [-0.15, -0.1) is 12.4 Å². The summed E-state index contributed by atoms with van der Waals surface area (Å²) in [5, 5.41) is 0. The van der Waals surface area contributed by atoms with Crippen LogP contribution in [0, 0.1) is 5.92 Å². The zero-order valence-electron chi connectivity index (χ0n) is 21.2. The minimum atomic E-state index is -0.187. The second kappa shape index (κ2) is 10.0. The quantitative estimate of drug-likeness (QED) is 0.510. The monoisotopic (exact) mass is 530 g/mol. The Kier molecular flexibility index (Phi) is 6.58. The zero-order valence-corrected chi connectivity index (χ0v) is 22.0. The maximum atomic E-state index is 13.5. The number of aromatic nitrogens is 2. The van der Waals surface area contributed by atoms with Crippen molar-refractivity contribution in [3.8, 4) is 0 Å². The summed E-state index contributed by atoms with van der Waals surface area (Å²) >= 11 is 0.